The molecule has 0 radical (unpaired) electrons. The maximum Gasteiger partial charge on any atom is 0.472 e. The van der Waals surface area contributed by atoms with Crippen LogP contribution in [0.2, 0.25) is 0 Å². The molecule has 332 valence electrons. The molecule has 1 fully saturated rings. The summed E-state index contributed by atoms with van der Waals surface area (Å²) in [5.74, 6) is -1.09. The fraction of sp³-hybridized carbons (Fsp3) is 0.952. The summed E-state index contributed by atoms with van der Waals surface area (Å²) < 4.78 is 33.4. The summed E-state index contributed by atoms with van der Waals surface area (Å²) in [5.41, 5.74) is 0. The number of hydrogen-bond donors (Lipinski definition) is 6. The summed E-state index contributed by atoms with van der Waals surface area (Å²) in [7, 11) is -5.10. The van der Waals surface area contributed by atoms with Gasteiger partial charge in [0.1, 0.15) is 43.2 Å². The van der Waals surface area contributed by atoms with Gasteiger partial charge in [0.2, 0.25) is 0 Å². The van der Waals surface area contributed by atoms with Gasteiger partial charge >= 0.3 is 19.8 Å². The highest BCUT2D eigenvalue weighted by atomic mass is 31.2. The quantitative estimate of drug-likeness (QED) is 0.0199. The average Bonchev–Trinajstić information content (AvgIpc) is 3.18. The van der Waals surface area contributed by atoms with Crippen LogP contribution in [-0.2, 0) is 32.7 Å². The zero-order chi connectivity index (χ0) is 41.4. The molecule has 8 atom stereocenters. The van der Waals surface area contributed by atoms with Crippen molar-refractivity contribution >= 4 is 19.8 Å². The van der Waals surface area contributed by atoms with Gasteiger partial charge in [-0.1, -0.05) is 174 Å². The number of unbranched alkanes of at least 4 members (excludes halogenated alkanes) is 25. The van der Waals surface area contributed by atoms with Gasteiger partial charge in [-0.25, -0.2) is 4.57 Å². The Morgan fingerprint density at radius 1 is 0.482 bits per heavy atom. The van der Waals surface area contributed by atoms with Crippen molar-refractivity contribution in [3.63, 3.8) is 0 Å². The molecule has 0 spiro atoms. The Balaban J connectivity index is 2.37. The van der Waals surface area contributed by atoms with Crippen LogP contribution in [-0.4, -0.2) is 98.3 Å². The standard InChI is InChI=1S/C42H81O13P/c1-3-5-7-9-11-13-14-15-16-17-18-19-20-21-22-23-25-26-28-30-35(43)52-32-34(54-36(44)31-29-27-24-12-10-8-6-4-2)33-53-56(50,51)55-42-40(48)38(46)37(45)39(47)41(42)49/h34,37-42,45-49H,3-33H2,1-2H3,(H,50,51)/t34-,37?,38-,39?,40?,41?,42?/m0/s1. The second kappa shape index (κ2) is 33.7. The highest BCUT2D eigenvalue weighted by Gasteiger charge is 2.51. The molecule has 0 aromatic rings. The van der Waals surface area contributed by atoms with E-state index < -0.39 is 75.7 Å². The molecule has 0 aromatic heterocycles. The third-order valence-corrected chi connectivity index (χ3v) is 11.7. The lowest BCUT2D eigenvalue weighted by Gasteiger charge is -2.41. The summed E-state index contributed by atoms with van der Waals surface area (Å²) >= 11 is 0. The van der Waals surface area contributed by atoms with Crippen molar-refractivity contribution in [1.29, 1.82) is 0 Å². The van der Waals surface area contributed by atoms with E-state index in [1.807, 2.05) is 0 Å². The topological polar surface area (TPSA) is 210 Å². The normalized spacial score (nSPS) is 22.8. The predicted molar refractivity (Wildman–Crippen MR) is 217 cm³/mol. The SMILES string of the molecule is CCCCCCCCCCCCCCCCCCCCCC(=O)OC[C@@H](COP(=O)(O)OC1C(O)C(O)C(O)[C@H](O)C1O)OC(=O)CCCCCCCCCC. The Hall–Kier alpha value is -1.15. The molecule has 56 heavy (non-hydrogen) atoms. The van der Waals surface area contributed by atoms with Crippen LogP contribution in [0.15, 0.2) is 0 Å². The molecule has 0 amide bonds. The van der Waals surface area contributed by atoms with Crippen LogP contribution in [0.25, 0.3) is 0 Å². The first-order valence-electron chi connectivity index (χ1n) is 22.3. The van der Waals surface area contributed by atoms with Crippen LogP contribution in [0, 0.1) is 0 Å². The minimum atomic E-state index is -5.10. The van der Waals surface area contributed by atoms with Crippen LogP contribution < -0.4 is 0 Å². The lowest BCUT2D eigenvalue weighted by Crippen LogP contribution is -2.64. The molecule has 14 heteroatoms. The van der Waals surface area contributed by atoms with Gasteiger partial charge in [-0.2, -0.15) is 0 Å². The largest absolute Gasteiger partial charge is 0.472 e. The molecule has 6 N–H and O–H groups in total. The van der Waals surface area contributed by atoms with Crippen LogP contribution in [0.5, 0.6) is 0 Å². The monoisotopic (exact) mass is 825 g/mol. The zero-order valence-corrected chi connectivity index (χ0v) is 35.8. The predicted octanol–water partition coefficient (Wildman–Crippen LogP) is 8.11. The van der Waals surface area contributed by atoms with Crippen molar-refractivity contribution in [2.75, 3.05) is 13.2 Å². The van der Waals surface area contributed by atoms with Gasteiger partial charge in [0, 0.05) is 12.8 Å². The van der Waals surface area contributed by atoms with Crippen LogP contribution in [0.1, 0.15) is 200 Å². The number of aliphatic hydroxyl groups excluding tert-OH is 5. The third-order valence-electron chi connectivity index (χ3n) is 10.7. The lowest BCUT2D eigenvalue weighted by molar-refractivity contribution is -0.220. The van der Waals surface area contributed by atoms with E-state index in [-0.39, 0.29) is 12.8 Å². The molecule has 0 heterocycles. The molecular formula is C42H81O13P. The molecule has 1 saturated carbocycles. The Bertz CT molecular complexity index is 1000. The molecule has 0 bridgehead atoms. The summed E-state index contributed by atoms with van der Waals surface area (Å²) in [6.45, 7) is 3.26. The van der Waals surface area contributed by atoms with Crippen molar-refractivity contribution in [3.8, 4) is 0 Å². The van der Waals surface area contributed by atoms with E-state index in [0.29, 0.717) is 12.8 Å². The highest BCUT2D eigenvalue weighted by molar-refractivity contribution is 7.47. The second-order valence-electron chi connectivity index (χ2n) is 15.9. The van der Waals surface area contributed by atoms with E-state index in [1.54, 1.807) is 0 Å². The maximum atomic E-state index is 12.7. The Morgan fingerprint density at radius 3 is 1.18 bits per heavy atom. The Labute approximate surface area is 338 Å². The number of hydrogen-bond acceptors (Lipinski definition) is 12. The summed E-state index contributed by atoms with van der Waals surface area (Å²) in [6.07, 6.45) is 19.1. The van der Waals surface area contributed by atoms with Crippen LogP contribution in [0.3, 0.4) is 0 Å². The fourth-order valence-corrected chi connectivity index (χ4v) is 8.03. The zero-order valence-electron chi connectivity index (χ0n) is 34.9. The number of aliphatic hydroxyl groups is 5. The maximum absolute atomic E-state index is 12.7. The fourth-order valence-electron chi connectivity index (χ4n) is 7.05. The van der Waals surface area contributed by atoms with Crippen molar-refractivity contribution in [3.05, 3.63) is 0 Å². The second-order valence-corrected chi connectivity index (χ2v) is 17.3. The van der Waals surface area contributed by atoms with E-state index in [1.165, 1.54) is 116 Å². The molecule has 13 nitrogen and oxygen atoms in total. The molecule has 1 rings (SSSR count). The van der Waals surface area contributed by atoms with Crippen molar-refractivity contribution in [1.82, 2.24) is 0 Å². The van der Waals surface area contributed by atoms with E-state index in [2.05, 4.69) is 13.8 Å². The van der Waals surface area contributed by atoms with Gasteiger partial charge in [-0.3, -0.25) is 18.6 Å². The van der Waals surface area contributed by atoms with Gasteiger partial charge in [0.05, 0.1) is 6.61 Å². The number of phosphoric ester groups is 1. The molecule has 6 unspecified atom stereocenters. The summed E-state index contributed by atoms with van der Waals surface area (Å²) in [6, 6.07) is 0. The van der Waals surface area contributed by atoms with Crippen molar-refractivity contribution in [2.24, 2.45) is 0 Å². The molecule has 0 aliphatic heterocycles. The first-order chi connectivity index (χ1) is 26.9. The van der Waals surface area contributed by atoms with E-state index in [0.717, 1.165) is 44.9 Å². The van der Waals surface area contributed by atoms with E-state index in [4.69, 9.17) is 18.5 Å². The summed E-state index contributed by atoms with van der Waals surface area (Å²) in [4.78, 5) is 35.5. The van der Waals surface area contributed by atoms with Gasteiger partial charge in [-0.05, 0) is 12.8 Å². The molecule has 0 aromatic carbocycles. The Morgan fingerprint density at radius 2 is 0.804 bits per heavy atom. The first kappa shape index (κ1) is 52.9. The number of ether oxygens (including phenoxy) is 2. The lowest BCUT2D eigenvalue weighted by atomic mass is 9.85. The number of carbonyl (C=O) groups is 2. The van der Waals surface area contributed by atoms with Crippen LogP contribution >= 0.6 is 7.82 Å². The smallest absolute Gasteiger partial charge is 0.462 e. The van der Waals surface area contributed by atoms with E-state index in [9.17, 15) is 44.6 Å². The van der Waals surface area contributed by atoms with Crippen molar-refractivity contribution < 1.29 is 63.1 Å². The molecule has 1 aliphatic carbocycles. The number of rotatable bonds is 37. The molecular weight excluding hydrogens is 743 g/mol. The number of phosphoric acid groups is 1. The third kappa shape index (κ3) is 26.1. The minimum Gasteiger partial charge on any atom is -0.462 e. The summed E-state index contributed by atoms with van der Waals surface area (Å²) in [5, 5.41) is 50.0. The molecule has 1 aliphatic rings. The minimum absolute atomic E-state index is 0.102. The molecule has 0 saturated heterocycles. The van der Waals surface area contributed by atoms with Gasteiger partial charge in [-0.15, -0.1) is 0 Å². The van der Waals surface area contributed by atoms with E-state index >= 15 is 0 Å². The van der Waals surface area contributed by atoms with Crippen LogP contribution in [0.4, 0.5) is 0 Å². The van der Waals surface area contributed by atoms with Crippen molar-refractivity contribution in [2.45, 2.75) is 243 Å². The van der Waals surface area contributed by atoms with Gasteiger partial charge in [0.15, 0.2) is 6.10 Å². The van der Waals surface area contributed by atoms with Gasteiger partial charge in [0.25, 0.3) is 0 Å². The first-order valence-corrected chi connectivity index (χ1v) is 23.8. The van der Waals surface area contributed by atoms with Gasteiger partial charge < -0.3 is 39.9 Å². The average molecular weight is 825 g/mol. The Kier molecular flexibility index (Phi) is 31.8. The highest BCUT2D eigenvalue weighted by Crippen LogP contribution is 2.47. The number of carbonyl (C=O) groups excluding carboxylic acids is 2. The number of esters is 2.